The van der Waals surface area contributed by atoms with Crippen molar-refractivity contribution >= 4 is 11.9 Å². The van der Waals surface area contributed by atoms with Gasteiger partial charge in [-0.2, -0.15) is 0 Å². The van der Waals surface area contributed by atoms with Gasteiger partial charge < -0.3 is 10.4 Å². The Kier molecular flexibility index (Phi) is 6.56. The lowest BCUT2D eigenvalue weighted by atomic mass is 9.97. The summed E-state index contributed by atoms with van der Waals surface area (Å²) in [6.45, 7) is 10.9. The number of amides is 1. The van der Waals surface area contributed by atoms with E-state index in [0.29, 0.717) is 32.7 Å². The standard InChI is InChI=1S/C19H29N3O3/c1-13(2)20-17(23)12-21-7-9-22(10-8-21)18(19(24)25)16-6-5-14(3)11-15(16)4/h5-6,11,13,18H,7-10,12H2,1-4H3,(H,20,23)(H,24,25). The predicted molar refractivity (Wildman–Crippen MR) is 97.6 cm³/mol. The third-order valence-corrected chi connectivity index (χ3v) is 4.54. The molecule has 0 bridgehead atoms. The molecule has 1 unspecified atom stereocenters. The zero-order chi connectivity index (χ0) is 18.6. The van der Waals surface area contributed by atoms with Gasteiger partial charge in [-0.15, -0.1) is 0 Å². The van der Waals surface area contributed by atoms with Crippen LogP contribution in [0.2, 0.25) is 0 Å². The molecule has 1 aromatic carbocycles. The van der Waals surface area contributed by atoms with E-state index in [0.717, 1.165) is 16.7 Å². The van der Waals surface area contributed by atoms with E-state index in [4.69, 9.17) is 0 Å². The van der Waals surface area contributed by atoms with Crippen molar-refractivity contribution in [2.24, 2.45) is 0 Å². The van der Waals surface area contributed by atoms with Crippen LogP contribution in [0.15, 0.2) is 18.2 Å². The van der Waals surface area contributed by atoms with E-state index >= 15 is 0 Å². The topological polar surface area (TPSA) is 72.9 Å². The largest absolute Gasteiger partial charge is 0.480 e. The number of piperazine rings is 1. The van der Waals surface area contributed by atoms with Gasteiger partial charge in [0, 0.05) is 32.2 Å². The van der Waals surface area contributed by atoms with E-state index in [1.54, 1.807) is 0 Å². The highest BCUT2D eigenvalue weighted by Crippen LogP contribution is 2.26. The molecule has 1 heterocycles. The summed E-state index contributed by atoms with van der Waals surface area (Å²) in [5.41, 5.74) is 2.99. The molecule has 1 amide bonds. The molecule has 6 heteroatoms. The second-order valence-corrected chi connectivity index (χ2v) is 7.14. The van der Waals surface area contributed by atoms with Crippen LogP contribution < -0.4 is 5.32 Å². The minimum Gasteiger partial charge on any atom is -0.480 e. The lowest BCUT2D eigenvalue weighted by Gasteiger charge is -2.38. The van der Waals surface area contributed by atoms with Gasteiger partial charge >= 0.3 is 5.97 Å². The first kappa shape index (κ1) is 19.4. The summed E-state index contributed by atoms with van der Waals surface area (Å²) in [7, 11) is 0. The number of rotatable bonds is 6. The first-order chi connectivity index (χ1) is 11.8. The molecule has 2 N–H and O–H groups in total. The van der Waals surface area contributed by atoms with Crippen LogP contribution in [0.1, 0.15) is 36.6 Å². The Morgan fingerprint density at radius 3 is 2.32 bits per heavy atom. The molecule has 0 spiro atoms. The maximum atomic E-state index is 11.9. The third-order valence-electron chi connectivity index (χ3n) is 4.54. The summed E-state index contributed by atoms with van der Waals surface area (Å²) in [6, 6.07) is 5.41. The summed E-state index contributed by atoms with van der Waals surface area (Å²) in [6.07, 6.45) is 0. The zero-order valence-corrected chi connectivity index (χ0v) is 15.6. The van der Waals surface area contributed by atoms with Crippen molar-refractivity contribution < 1.29 is 14.7 Å². The molecule has 138 valence electrons. The molecule has 1 aliphatic heterocycles. The predicted octanol–water partition coefficient (Wildman–Crippen LogP) is 1.57. The van der Waals surface area contributed by atoms with Crippen molar-refractivity contribution in [3.05, 3.63) is 34.9 Å². The second-order valence-electron chi connectivity index (χ2n) is 7.14. The summed E-state index contributed by atoms with van der Waals surface area (Å²) < 4.78 is 0. The van der Waals surface area contributed by atoms with Crippen LogP contribution in [0.4, 0.5) is 0 Å². The second kappa shape index (κ2) is 8.45. The average molecular weight is 347 g/mol. The number of nitrogens with zero attached hydrogens (tertiary/aromatic N) is 2. The highest BCUT2D eigenvalue weighted by Gasteiger charge is 2.31. The number of nitrogens with one attached hydrogen (secondary N) is 1. The summed E-state index contributed by atoms with van der Waals surface area (Å²) in [5.74, 6) is -0.800. The quantitative estimate of drug-likeness (QED) is 0.817. The van der Waals surface area contributed by atoms with Crippen molar-refractivity contribution in [1.29, 1.82) is 0 Å². The monoisotopic (exact) mass is 347 g/mol. The van der Waals surface area contributed by atoms with E-state index in [2.05, 4.69) is 10.2 Å². The fraction of sp³-hybridized carbons (Fsp3) is 0.579. The Bertz CT molecular complexity index is 622. The van der Waals surface area contributed by atoms with E-state index in [1.807, 2.05) is 50.8 Å². The maximum absolute atomic E-state index is 11.9. The van der Waals surface area contributed by atoms with Crippen LogP contribution in [-0.4, -0.2) is 65.5 Å². The van der Waals surface area contributed by atoms with Crippen LogP contribution in [0.3, 0.4) is 0 Å². The molecule has 6 nitrogen and oxygen atoms in total. The maximum Gasteiger partial charge on any atom is 0.325 e. The van der Waals surface area contributed by atoms with Crippen molar-refractivity contribution in [1.82, 2.24) is 15.1 Å². The molecule has 1 aromatic rings. The molecule has 0 saturated carbocycles. The number of hydrogen-bond donors (Lipinski definition) is 2. The van der Waals surface area contributed by atoms with Crippen molar-refractivity contribution in [3.8, 4) is 0 Å². The summed E-state index contributed by atoms with van der Waals surface area (Å²) >= 11 is 0. The van der Waals surface area contributed by atoms with Gasteiger partial charge in [-0.05, 0) is 38.8 Å². The van der Waals surface area contributed by atoms with Gasteiger partial charge in [0.15, 0.2) is 0 Å². The Labute approximate surface area is 149 Å². The minimum absolute atomic E-state index is 0.0209. The van der Waals surface area contributed by atoms with Gasteiger partial charge in [0.2, 0.25) is 5.91 Å². The van der Waals surface area contributed by atoms with Crippen LogP contribution in [0, 0.1) is 13.8 Å². The number of hydrogen-bond acceptors (Lipinski definition) is 4. The highest BCUT2D eigenvalue weighted by atomic mass is 16.4. The van der Waals surface area contributed by atoms with Gasteiger partial charge in [0.05, 0.1) is 6.54 Å². The van der Waals surface area contributed by atoms with Gasteiger partial charge in [-0.25, -0.2) is 0 Å². The van der Waals surface area contributed by atoms with Gasteiger partial charge in [0.1, 0.15) is 6.04 Å². The molecule has 0 radical (unpaired) electrons. The highest BCUT2D eigenvalue weighted by molar-refractivity contribution is 5.78. The van der Waals surface area contributed by atoms with Gasteiger partial charge in [-0.3, -0.25) is 19.4 Å². The summed E-state index contributed by atoms with van der Waals surface area (Å²) in [5, 5.41) is 12.7. The number of aryl methyl sites for hydroxylation is 2. The molecule has 1 atom stereocenters. The zero-order valence-electron chi connectivity index (χ0n) is 15.6. The lowest BCUT2D eigenvalue weighted by Crippen LogP contribution is -2.52. The Morgan fingerprint density at radius 1 is 1.16 bits per heavy atom. The van der Waals surface area contributed by atoms with Crippen molar-refractivity contribution in [2.75, 3.05) is 32.7 Å². The molecule has 1 aliphatic rings. The van der Waals surface area contributed by atoms with Gasteiger partial charge in [-0.1, -0.05) is 23.8 Å². The molecular weight excluding hydrogens is 318 g/mol. The lowest BCUT2D eigenvalue weighted by molar-refractivity contribution is -0.144. The SMILES string of the molecule is Cc1ccc(C(C(=O)O)N2CCN(CC(=O)NC(C)C)CC2)c(C)c1. The van der Waals surface area contributed by atoms with Crippen LogP contribution in [-0.2, 0) is 9.59 Å². The number of carbonyl (C=O) groups is 2. The van der Waals surface area contributed by atoms with Crippen LogP contribution in [0.25, 0.3) is 0 Å². The van der Waals surface area contributed by atoms with E-state index < -0.39 is 12.0 Å². The van der Waals surface area contributed by atoms with E-state index in [-0.39, 0.29) is 11.9 Å². The number of carboxylic acids is 1. The minimum atomic E-state index is -0.821. The van der Waals surface area contributed by atoms with Crippen LogP contribution >= 0.6 is 0 Å². The number of carbonyl (C=O) groups excluding carboxylic acids is 1. The van der Waals surface area contributed by atoms with Crippen molar-refractivity contribution in [3.63, 3.8) is 0 Å². The average Bonchev–Trinajstić information content (AvgIpc) is 2.50. The number of benzene rings is 1. The fourth-order valence-corrected chi connectivity index (χ4v) is 3.37. The van der Waals surface area contributed by atoms with E-state index in [9.17, 15) is 14.7 Å². The number of aliphatic carboxylic acids is 1. The third kappa shape index (κ3) is 5.28. The fourth-order valence-electron chi connectivity index (χ4n) is 3.37. The van der Waals surface area contributed by atoms with Crippen LogP contribution in [0.5, 0.6) is 0 Å². The van der Waals surface area contributed by atoms with E-state index in [1.165, 1.54) is 0 Å². The molecule has 25 heavy (non-hydrogen) atoms. The smallest absolute Gasteiger partial charge is 0.325 e. The molecular formula is C19H29N3O3. The number of carboxylic acid groups (broad SMARTS) is 1. The van der Waals surface area contributed by atoms with Crippen molar-refractivity contribution in [2.45, 2.75) is 39.8 Å². The molecule has 2 rings (SSSR count). The Morgan fingerprint density at radius 2 is 1.80 bits per heavy atom. The normalized spacial score (nSPS) is 17.5. The molecule has 0 aliphatic carbocycles. The molecule has 1 fully saturated rings. The first-order valence-electron chi connectivity index (χ1n) is 8.83. The molecule has 0 aromatic heterocycles. The Hall–Kier alpha value is -1.92. The first-order valence-corrected chi connectivity index (χ1v) is 8.83. The van der Waals surface area contributed by atoms with Gasteiger partial charge in [0.25, 0.3) is 0 Å². The molecule has 1 saturated heterocycles. The summed E-state index contributed by atoms with van der Waals surface area (Å²) in [4.78, 5) is 27.9. The Balaban J connectivity index is 2.01.